The summed E-state index contributed by atoms with van der Waals surface area (Å²) in [6.07, 6.45) is -3.89. The van der Waals surface area contributed by atoms with Crippen molar-refractivity contribution in [3.05, 3.63) is 59.6 Å². The maximum absolute atomic E-state index is 14.5. The van der Waals surface area contributed by atoms with Crippen LogP contribution in [0.3, 0.4) is 0 Å². The van der Waals surface area contributed by atoms with Crippen LogP contribution in [-0.4, -0.2) is 41.7 Å². The third kappa shape index (κ3) is 4.70. The standard InChI is InChI=1S/C25H25F5N2O5/c1-12-18(14-7-8-15(26)19(27)20(14)34-5)21(37-24(12,4)25(28,29)30)22(33)32-13-6-9-16(31-10-13)17-11-35-23(2,3)36-17/h6-12,18,21H,1-5H3,(H,32,33)/t12-,18-,21+,24+/m0/s1. The Morgan fingerprint density at radius 3 is 2.38 bits per heavy atom. The molecule has 1 aromatic heterocycles. The minimum absolute atomic E-state index is 0.122. The number of methoxy groups -OCH3 is 1. The second-order valence-electron chi connectivity index (χ2n) is 9.46. The summed E-state index contributed by atoms with van der Waals surface area (Å²) >= 11 is 0. The number of ether oxygens (including phenoxy) is 4. The van der Waals surface area contributed by atoms with Crippen molar-refractivity contribution in [1.29, 1.82) is 0 Å². The lowest BCUT2D eigenvalue weighted by Crippen LogP contribution is -2.47. The fraction of sp³-hybridized carbons (Fsp3) is 0.440. The van der Waals surface area contributed by atoms with Crippen LogP contribution in [0.25, 0.3) is 5.76 Å². The van der Waals surface area contributed by atoms with Crippen LogP contribution in [0.15, 0.2) is 36.7 Å². The van der Waals surface area contributed by atoms with Gasteiger partial charge in [0, 0.05) is 31.2 Å². The molecule has 1 fully saturated rings. The van der Waals surface area contributed by atoms with Gasteiger partial charge in [-0.15, -0.1) is 0 Å². The van der Waals surface area contributed by atoms with E-state index in [2.05, 4.69) is 10.3 Å². The second-order valence-corrected chi connectivity index (χ2v) is 9.46. The smallest absolute Gasteiger partial charge is 0.417 e. The highest BCUT2D eigenvalue weighted by atomic mass is 19.4. The van der Waals surface area contributed by atoms with Crippen molar-refractivity contribution in [2.24, 2.45) is 5.92 Å². The largest absolute Gasteiger partial charge is 0.493 e. The van der Waals surface area contributed by atoms with Crippen LogP contribution in [0.1, 0.15) is 44.9 Å². The van der Waals surface area contributed by atoms with E-state index < -0.39 is 58.8 Å². The molecular formula is C25H25F5N2O5. The minimum atomic E-state index is -4.86. The monoisotopic (exact) mass is 528 g/mol. The van der Waals surface area contributed by atoms with Gasteiger partial charge < -0.3 is 24.3 Å². The molecule has 0 aliphatic carbocycles. The number of nitrogens with zero attached hydrogens (tertiary/aromatic N) is 1. The molecule has 4 rings (SSSR count). The molecule has 200 valence electrons. The Balaban J connectivity index is 1.65. The number of halogens is 5. The summed E-state index contributed by atoms with van der Waals surface area (Å²) in [5.74, 6) is -7.31. The van der Waals surface area contributed by atoms with Gasteiger partial charge in [-0.3, -0.25) is 9.78 Å². The van der Waals surface area contributed by atoms with Gasteiger partial charge in [0.1, 0.15) is 18.1 Å². The molecule has 7 nitrogen and oxygen atoms in total. The number of carbonyl (C=O) groups is 1. The Bertz CT molecular complexity index is 1230. The lowest BCUT2D eigenvalue weighted by atomic mass is 9.77. The summed E-state index contributed by atoms with van der Waals surface area (Å²) in [5, 5.41) is 2.50. The minimum Gasteiger partial charge on any atom is -0.493 e. The molecule has 0 radical (unpaired) electrons. The third-order valence-corrected chi connectivity index (χ3v) is 6.66. The van der Waals surface area contributed by atoms with E-state index in [0.29, 0.717) is 11.5 Å². The van der Waals surface area contributed by atoms with Gasteiger partial charge in [-0.2, -0.15) is 17.6 Å². The highest BCUT2D eigenvalue weighted by Crippen LogP contribution is 2.55. The number of aromatic nitrogens is 1. The number of rotatable bonds is 5. The number of pyridine rings is 1. The zero-order valence-electron chi connectivity index (χ0n) is 20.6. The molecule has 12 heteroatoms. The first-order valence-corrected chi connectivity index (χ1v) is 11.3. The van der Waals surface area contributed by atoms with Gasteiger partial charge in [0.15, 0.2) is 22.9 Å². The summed E-state index contributed by atoms with van der Waals surface area (Å²) in [5.41, 5.74) is -2.30. The number of amides is 1. The molecule has 0 spiro atoms. The first-order chi connectivity index (χ1) is 17.2. The summed E-state index contributed by atoms with van der Waals surface area (Å²) < 4.78 is 91.8. The first kappa shape index (κ1) is 26.6. The predicted octanol–water partition coefficient (Wildman–Crippen LogP) is 5.53. The van der Waals surface area contributed by atoms with Crippen molar-refractivity contribution in [2.45, 2.75) is 57.3 Å². The molecule has 0 saturated carbocycles. The van der Waals surface area contributed by atoms with E-state index in [0.717, 1.165) is 26.2 Å². The van der Waals surface area contributed by atoms with Crippen LogP contribution in [0.5, 0.6) is 5.75 Å². The predicted molar refractivity (Wildman–Crippen MR) is 121 cm³/mol. The summed E-state index contributed by atoms with van der Waals surface area (Å²) in [6, 6.07) is 4.87. The van der Waals surface area contributed by atoms with Crippen molar-refractivity contribution >= 4 is 17.4 Å². The SMILES string of the molecule is COc1c([C@H]2[C@H](C(=O)Nc3ccc(C4=COC(C)(C)O4)nc3)O[C@@](C)(C(F)(F)F)[C@H]2C)ccc(F)c1F. The first-order valence-electron chi connectivity index (χ1n) is 11.3. The van der Waals surface area contributed by atoms with Crippen molar-refractivity contribution in [1.82, 2.24) is 4.98 Å². The van der Waals surface area contributed by atoms with Crippen molar-refractivity contribution in [2.75, 3.05) is 12.4 Å². The Hall–Kier alpha value is -3.41. The van der Waals surface area contributed by atoms with Crippen molar-refractivity contribution in [3.63, 3.8) is 0 Å². The van der Waals surface area contributed by atoms with Gasteiger partial charge in [-0.1, -0.05) is 13.0 Å². The number of nitrogens with one attached hydrogen (secondary N) is 1. The van der Waals surface area contributed by atoms with E-state index >= 15 is 0 Å². The van der Waals surface area contributed by atoms with Crippen molar-refractivity contribution in [3.8, 4) is 5.75 Å². The molecule has 1 N–H and O–H groups in total. The number of alkyl halides is 3. The van der Waals surface area contributed by atoms with E-state index in [4.69, 9.17) is 18.9 Å². The van der Waals surface area contributed by atoms with Gasteiger partial charge in [-0.25, -0.2) is 4.39 Å². The molecule has 2 aliphatic rings. The third-order valence-electron chi connectivity index (χ3n) is 6.66. The van der Waals surface area contributed by atoms with E-state index in [9.17, 15) is 26.7 Å². The Morgan fingerprint density at radius 1 is 1.14 bits per heavy atom. The zero-order valence-corrected chi connectivity index (χ0v) is 20.6. The van der Waals surface area contributed by atoms with Gasteiger partial charge in [0.2, 0.25) is 11.6 Å². The molecule has 4 atom stereocenters. The Morgan fingerprint density at radius 2 is 1.84 bits per heavy atom. The van der Waals surface area contributed by atoms with E-state index in [-0.39, 0.29) is 11.3 Å². The second kappa shape index (κ2) is 9.16. The molecule has 1 aromatic carbocycles. The lowest BCUT2D eigenvalue weighted by Gasteiger charge is -2.32. The average Bonchev–Trinajstić information content (AvgIpc) is 3.33. The molecule has 1 amide bonds. The normalized spacial score (nSPS) is 26.8. The van der Waals surface area contributed by atoms with Crippen LogP contribution < -0.4 is 10.1 Å². The highest BCUT2D eigenvalue weighted by molar-refractivity contribution is 5.95. The number of carbonyl (C=O) groups excluding carboxylic acids is 1. The molecule has 0 bridgehead atoms. The number of benzene rings is 1. The maximum atomic E-state index is 14.5. The lowest BCUT2D eigenvalue weighted by molar-refractivity contribution is -0.272. The van der Waals surface area contributed by atoms with Gasteiger partial charge in [0.25, 0.3) is 5.91 Å². The highest BCUT2D eigenvalue weighted by Gasteiger charge is 2.65. The van der Waals surface area contributed by atoms with Crippen LogP contribution >= 0.6 is 0 Å². The van der Waals surface area contributed by atoms with Gasteiger partial charge in [0.05, 0.1) is 19.0 Å². The van der Waals surface area contributed by atoms with Crippen LogP contribution in [-0.2, 0) is 19.0 Å². The topological polar surface area (TPSA) is 78.9 Å². The van der Waals surface area contributed by atoms with Crippen LogP contribution in [0.4, 0.5) is 27.6 Å². The molecule has 2 aliphatic heterocycles. The fourth-order valence-electron chi connectivity index (χ4n) is 4.49. The Labute approximate surface area is 209 Å². The van der Waals surface area contributed by atoms with Crippen LogP contribution in [0.2, 0.25) is 0 Å². The number of hydrogen-bond donors (Lipinski definition) is 1. The van der Waals surface area contributed by atoms with E-state index in [1.807, 2.05) is 0 Å². The average molecular weight is 528 g/mol. The molecule has 37 heavy (non-hydrogen) atoms. The molecule has 3 heterocycles. The zero-order chi connectivity index (χ0) is 27.3. The van der Waals surface area contributed by atoms with E-state index in [1.54, 1.807) is 13.8 Å². The summed E-state index contributed by atoms with van der Waals surface area (Å²) in [4.78, 5) is 17.4. The molecule has 0 unspecified atom stereocenters. The molecular weight excluding hydrogens is 503 g/mol. The van der Waals surface area contributed by atoms with Crippen molar-refractivity contribution < 1.29 is 45.7 Å². The van der Waals surface area contributed by atoms with E-state index in [1.165, 1.54) is 31.5 Å². The number of hydrogen-bond acceptors (Lipinski definition) is 6. The maximum Gasteiger partial charge on any atom is 0.417 e. The quantitative estimate of drug-likeness (QED) is 0.515. The van der Waals surface area contributed by atoms with Gasteiger partial charge in [-0.05, 0) is 25.1 Å². The fourth-order valence-corrected chi connectivity index (χ4v) is 4.49. The van der Waals surface area contributed by atoms with Crippen LogP contribution in [0, 0.1) is 17.6 Å². The Kier molecular flexibility index (Phi) is 6.60. The summed E-state index contributed by atoms with van der Waals surface area (Å²) in [6.45, 7) is 5.47. The summed E-state index contributed by atoms with van der Waals surface area (Å²) in [7, 11) is 1.06. The van der Waals surface area contributed by atoms with Gasteiger partial charge >= 0.3 is 6.18 Å². The number of anilines is 1. The molecule has 1 saturated heterocycles. The molecule has 2 aromatic rings.